The van der Waals surface area contributed by atoms with Crippen molar-refractivity contribution in [2.24, 2.45) is 0 Å². The van der Waals surface area contributed by atoms with Crippen molar-refractivity contribution in [2.45, 2.75) is 39.7 Å². The van der Waals surface area contributed by atoms with Crippen LogP contribution in [-0.4, -0.2) is 33.1 Å². The topological polar surface area (TPSA) is 83.0 Å². The summed E-state index contributed by atoms with van der Waals surface area (Å²) in [6, 6.07) is 0. The van der Waals surface area contributed by atoms with Crippen LogP contribution in [-0.2, 0) is 22.5 Å². The van der Waals surface area contributed by atoms with Crippen molar-refractivity contribution in [1.82, 2.24) is 20.0 Å². The number of hydrogen-bond acceptors (Lipinski definition) is 6. The summed E-state index contributed by atoms with van der Waals surface area (Å²) in [5.74, 6) is 0.338. The lowest BCUT2D eigenvalue weighted by Crippen LogP contribution is -2.09. The molecule has 0 saturated heterocycles. The maximum Gasteiger partial charge on any atom is 0.315 e. The van der Waals surface area contributed by atoms with Gasteiger partial charge >= 0.3 is 5.97 Å². The van der Waals surface area contributed by atoms with E-state index in [1.165, 1.54) is 7.11 Å². The summed E-state index contributed by atoms with van der Waals surface area (Å²) < 4.78 is 13.0. The Hall–Kier alpha value is -1.70. The molecule has 1 atom stereocenters. The van der Waals surface area contributed by atoms with Crippen LogP contribution >= 0.6 is 15.9 Å². The number of aryl methyl sites for hydroxylation is 1. The van der Waals surface area contributed by atoms with Crippen molar-refractivity contribution in [1.29, 1.82) is 0 Å². The second kappa shape index (κ2) is 6.38. The highest BCUT2D eigenvalue weighted by molar-refractivity contribution is 9.10. The third-order valence-corrected chi connectivity index (χ3v) is 4.31. The second-order valence-corrected chi connectivity index (χ2v) is 5.65. The third-order valence-electron chi connectivity index (χ3n) is 3.17. The summed E-state index contributed by atoms with van der Waals surface area (Å²) in [5, 5.41) is 12.3. The molecule has 114 valence electrons. The highest BCUT2D eigenvalue weighted by Gasteiger charge is 2.19. The highest BCUT2D eigenvalue weighted by atomic mass is 79.9. The molecule has 0 aromatic carbocycles. The summed E-state index contributed by atoms with van der Waals surface area (Å²) >= 11 is 3.50. The summed E-state index contributed by atoms with van der Waals surface area (Å²) in [4.78, 5) is 11.2. The molecule has 8 heteroatoms. The van der Waals surface area contributed by atoms with Gasteiger partial charge < -0.3 is 9.15 Å². The summed E-state index contributed by atoms with van der Waals surface area (Å²) in [6.07, 6.45) is -0.0122. The van der Waals surface area contributed by atoms with Crippen molar-refractivity contribution in [3.8, 4) is 0 Å². The number of nitrogens with zero attached hydrogens (tertiary/aromatic N) is 4. The van der Waals surface area contributed by atoms with E-state index in [-0.39, 0.29) is 18.2 Å². The van der Waals surface area contributed by atoms with Crippen LogP contribution in [0.3, 0.4) is 0 Å². The summed E-state index contributed by atoms with van der Waals surface area (Å²) in [6.45, 7) is 6.53. The zero-order chi connectivity index (χ0) is 15.6. The van der Waals surface area contributed by atoms with E-state index >= 15 is 0 Å². The smallest absolute Gasteiger partial charge is 0.315 e. The first-order chi connectivity index (χ1) is 9.92. The molecule has 0 aliphatic heterocycles. The maximum absolute atomic E-state index is 11.2. The van der Waals surface area contributed by atoms with Crippen LogP contribution in [0, 0.1) is 13.8 Å². The van der Waals surface area contributed by atoms with Gasteiger partial charge in [-0.3, -0.25) is 9.48 Å². The van der Waals surface area contributed by atoms with Crippen molar-refractivity contribution in [3.05, 3.63) is 27.6 Å². The molecule has 2 rings (SSSR count). The number of ether oxygens (including phenoxy) is 1. The Bertz CT molecular complexity index is 650. The number of carbonyl (C=O) groups excluding carboxylic acids is 1. The molecule has 0 fully saturated rings. The Morgan fingerprint density at radius 1 is 1.43 bits per heavy atom. The average molecular weight is 357 g/mol. The highest BCUT2D eigenvalue weighted by Crippen LogP contribution is 2.23. The second-order valence-electron chi connectivity index (χ2n) is 4.85. The predicted molar refractivity (Wildman–Crippen MR) is 77.8 cm³/mol. The van der Waals surface area contributed by atoms with Gasteiger partial charge in [-0.05, 0) is 29.8 Å². The quantitative estimate of drug-likeness (QED) is 0.763. The van der Waals surface area contributed by atoms with Crippen LogP contribution in [0.1, 0.15) is 36.0 Å². The Morgan fingerprint density at radius 2 is 2.14 bits per heavy atom. The minimum absolute atomic E-state index is 0.00574. The van der Waals surface area contributed by atoms with Gasteiger partial charge in [-0.25, -0.2) is 0 Å². The lowest BCUT2D eigenvalue weighted by molar-refractivity contribution is -0.140. The van der Waals surface area contributed by atoms with E-state index < -0.39 is 5.97 Å². The van der Waals surface area contributed by atoms with Gasteiger partial charge in [0.25, 0.3) is 0 Å². The first kappa shape index (κ1) is 15.7. The molecule has 0 N–H and O–H groups in total. The lowest BCUT2D eigenvalue weighted by Gasteiger charge is -2.08. The van der Waals surface area contributed by atoms with E-state index in [4.69, 9.17) is 4.42 Å². The van der Waals surface area contributed by atoms with Gasteiger partial charge in [-0.2, -0.15) is 5.10 Å². The number of methoxy groups -OCH3 is 1. The zero-order valence-corrected chi connectivity index (χ0v) is 14.0. The SMILES string of the molecule is COC(=O)Cc1nnc(C(C)Cn2nc(C)c(Br)c2C)o1. The van der Waals surface area contributed by atoms with Crippen molar-refractivity contribution < 1.29 is 13.9 Å². The largest absolute Gasteiger partial charge is 0.469 e. The molecule has 2 aromatic rings. The van der Waals surface area contributed by atoms with E-state index in [1.807, 2.05) is 25.5 Å². The fourth-order valence-electron chi connectivity index (χ4n) is 1.92. The monoisotopic (exact) mass is 356 g/mol. The van der Waals surface area contributed by atoms with Crippen molar-refractivity contribution in [3.63, 3.8) is 0 Å². The van der Waals surface area contributed by atoms with E-state index in [0.717, 1.165) is 15.9 Å². The van der Waals surface area contributed by atoms with Crippen LogP contribution in [0.5, 0.6) is 0 Å². The Balaban J connectivity index is 2.08. The molecule has 0 aliphatic carbocycles. The summed E-state index contributed by atoms with van der Waals surface area (Å²) in [5.41, 5.74) is 1.99. The Kier molecular flexibility index (Phi) is 4.76. The molecular formula is C13H17BrN4O3. The fourth-order valence-corrected chi connectivity index (χ4v) is 2.21. The van der Waals surface area contributed by atoms with Gasteiger partial charge in [0.15, 0.2) is 0 Å². The number of hydrogen-bond donors (Lipinski definition) is 0. The Labute approximate surface area is 130 Å². The Morgan fingerprint density at radius 3 is 2.71 bits per heavy atom. The standard InChI is InChI=1S/C13H17BrN4O3/c1-7(6-18-9(3)12(14)8(2)17-18)13-16-15-10(21-13)5-11(19)20-4/h7H,5-6H2,1-4H3. The van der Waals surface area contributed by atoms with E-state index in [1.54, 1.807) is 0 Å². The van der Waals surface area contributed by atoms with Gasteiger partial charge in [-0.15, -0.1) is 10.2 Å². The van der Waals surface area contributed by atoms with Gasteiger partial charge in [-0.1, -0.05) is 6.92 Å². The van der Waals surface area contributed by atoms with E-state index in [9.17, 15) is 4.79 Å². The molecule has 0 saturated carbocycles. The van der Waals surface area contributed by atoms with Crippen LogP contribution in [0.2, 0.25) is 0 Å². The normalized spacial score (nSPS) is 12.4. The van der Waals surface area contributed by atoms with Crippen LogP contribution in [0.4, 0.5) is 0 Å². The molecule has 0 aliphatic rings. The number of carbonyl (C=O) groups is 1. The molecule has 0 spiro atoms. The van der Waals surface area contributed by atoms with Gasteiger partial charge in [0.1, 0.15) is 6.42 Å². The number of halogens is 1. The first-order valence-corrected chi connectivity index (χ1v) is 7.30. The van der Waals surface area contributed by atoms with E-state index in [0.29, 0.717) is 12.4 Å². The zero-order valence-electron chi connectivity index (χ0n) is 12.4. The average Bonchev–Trinajstić information content (AvgIpc) is 3.00. The molecule has 1 unspecified atom stereocenters. The van der Waals surface area contributed by atoms with Crippen LogP contribution in [0.25, 0.3) is 0 Å². The lowest BCUT2D eigenvalue weighted by atomic mass is 10.2. The summed E-state index contributed by atoms with van der Waals surface area (Å²) in [7, 11) is 1.32. The van der Waals surface area contributed by atoms with Crippen molar-refractivity contribution >= 4 is 21.9 Å². The van der Waals surface area contributed by atoms with Gasteiger partial charge in [0.2, 0.25) is 11.8 Å². The molecule has 2 heterocycles. The minimum Gasteiger partial charge on any atom is -0.469 e. The van der Waals surface area contributed by atoms with E-state index in [2.05, 4.69) is 36.0 Å². The molecule has 0 amide bonds. The molecule has 0 bridgehead atoms. The maximum atomic E-state index is 11.2. The predicted octanol–water partition coefficient (Wildman–Crippen LogP) is 2.16. The first-order valence-electron chi connectivity index (χ1n) is 6.51. The number of esters is 1. The molecular weight excluding hydrogens is 340 g/mol. The number of rotatable bonds is 5. The molecule has 21 heavy (non-hydrogen) atoms. The van der Waals surface area contributed by atoms with Gasteiger partial charge in [0.05, 0.1) is 29.7 Å². The minimum atomic E-state index is -0.402. The third kappa shape index (κ3) is 3.49. The molecule has 7 nitrogen and oxygen atoms in total. The molecule has 2 aromatic heterocycles. The fraction of sp³-hybridized carbons (Fsp3) is 0.538. The van der Waals surface area contributed by atoms with Crippen LogP contribution in [0.15, 0.2) is 8.89 Å². The van der Waals surface area contributed by atoms with Crippen molar-refractivity contribution in [2.75, 3.05) is 7.11 Å². The van der Waals surface area contributed by atoms with Gasteiger partial charge in [0, 0.05) is 5.69 Å². The number of aromatic nitrogens is 4. The molecule has 0 radical (unpaired) electrons. The van der Waals surface area contributed by atoms with Crippen LogP contribution < -0.4 is 0 Å².